The number of hydrogen-bond acceptors (Lipinski definition) is 5. The van der Waals surface area contributed by atoms with E-state index in [0.717, 1.165) is 48.0 Å². The van der Waals surface area contributed by atoms with Crippen LogP contribution in [0.4, 0.5) is 0 Å². The van der Waals surface area contributed by atoms with Gasteiger partial charge in [0, 0.05) is 35.5 Å². The SMILES string of the molecule is Cc1ncc(Cl)c([C@@H](C)Oc2ccc3c(c2)c(-c2ccc(Cl)nc2)nn3C2CCCCO2)c1Cl. The summed E-state index contributed by atoms with van der Waals surface area (Å²) < 4.78 is 14.3. The highest BCUT2D eigenvalue weighted by Crippen LogP contribution is 2.38. The third-order valence-electron chi connectivity index (χ3n) is 6.01. The van der Waals surface area contributed by atoms with Crippen molar-refractivity contribution >= 4 is 45.7 Å². The molecule has 0 radical (unpaired) electrons. The fraction of sp³-hybridized carbons (Fsp3) is 0.320. The van der Waals surface area contributed by atoms with Crippen molar-refractivity contribution in [2.24, 2.45) is 0 Å². The van der Waals surface area contributed by atoms with Crippen molar-refractivity contribution in [3.63, 3.8) is 0 Å². The van der Waals surface area contributed by atoms with Crippen molar-refractivity contribution in [3.05, 3.63) is 69.2 Å². The summed E-state index contributed by atoms with van der Waals surface area (Å²) in [4.78, 5) is 8.45. The number of rotatable bonds is 5. The number of nitrogens with zero attached hydrogens (tertiary/aromatic N) is 4. The number of aromatic nitrogens is 4. The van der Waals surface area contributed by atoms with Gasteiger partial charge in [-0.25, -0.2) is 9.67 Å². The Morgan fingerprint density at radius 3 is 2.68 bits per heavy atom. The number of aryl methyl sites for hydroxylation is 1. The van der Waals surface area contributed by atoms with Crippen molar-refractivity contribution in [1.29, 1.82) is 0 Å². The van der Waals surface area contributed by atoms with Crippen LogP contribution in [0.3, 0.4) is 0 Å². The molecule has 5 rings (SSSR count). The van der Waals surface area contributed by atoms with Crippen LogP contribution in [0, 0.1) is 6.92 Å². The van der Waals surface area contributed by atoms with Crippen molar-refractivity contribution in [2.45, 2.75) is 45.4 Å². The van der Waals surface area contributed by atoms with E-state index in [1.165, 1.54) is 0 Å². The molecule has 0 amide bonds. The highest BCUT2D eigenvalue weighted by molar-refractivity contribution is 6.36. The topological polar surface area (TPSA) is 62.1 Å². The number of fused-ring (bicyclic) bond motifs is 1. The predicted molar refractivity (Wildman–Crippen MR) is 135 cm³/mol. The van der Waals surface area contributed by atoms with Crippen molar-refractivity contribution in [2.75, 3.05) is 6.61 Å². The minimum absolute atomic E-state index is 0.103. The average Bonchev–Trinajstić information content (AvgIpc) is 3.22. The van der Waals surface area contributed by atoms with Gasteiger partial charge in [0.15, 0.2) is 6.23 Å². The lowest BCUT2D eigenvalue weighted by atomic mass is 10.1. The van der Waals surface area contributed by atoms with E-state index < -0.39 is 0 Å². The van der Waals surface area contributed by atoms with Gasteiger partial charge in [-0.1, -0.05) is 34.8 Å². The molecular formula is C25H23Cl3N4O2. The first kappa shape index (κ1) is 23.4. The van der Waals surface area contributed by atoms with Crippen LogP contribution in [0.25, 0.3) is 22.2 Å². The molecule has 1 aliphatic rings. The van der Waals surface area contributed by atoms with Crippen LogP contribution >= 0.6 is 34.8 Å². The van der Waals surface area contributed by atoms with Crippen molar-refractivity contribution in [3.8, 4) is 17.0 Å². The van der Waals surface area contributed by atoms with Crippen LogP contribution < -0.4 is 4.74 Å². The van der Waals surface area contributed by atoms with E-state index in [2.05, 4.69) is 9.97 Å². The standard InChI is InChI=1S/C25H23Cl3N4O2/c1-14-24(28)23(19(26)13-29-14)15(2)34-17-7-8-20-18(11-17)25(16-6-9-21(27)30-12-16)31-32(20)22-5-3-4-10-33-22/h6-9,11-13,15,22H,3-5,10H2,1-2H3/t15-,22?/m1/s1. The van der Waals surface area contributed by atoms with Crippen LogP contribution in [0.1, 0.15) is 49.8 Å². The summed E-state index contributed by atoms with van der Waals surface area (Å²) in [5.41, 5.74) is 4.04. The summed E-state index contributed by atoms with van der Waals surface area (Å²) in [5.74, 6) is 0.675. The lowest BCUT2D eigenvalue weighted by Crippen LogP contribution is -2.19. The van der Waals surface area contributed by atoms with E-state index in [-0.39, 0.29) is 12.3 Å². The van der Waals surface area contributed by atoms with Gasteiger partial charge >= 0.3 is 0 Å². The number of pyridine rings is 2. The number of hydrogen-bond donors (Lipinski definition) is 0. The second-order valence-electron chi connectivity index (χ2n) is 8.34. The molecule has 4 heterocycles. The first-order valence-electron chi connectivity index (χ1n) is 11.2. The first-order valence-corrected chi connectivity index (χ1v) is 12.3. The molecular weight excluding hydrogens is 495 g/mol. The molecule has 1 saturated heterocycles. The maximum absolute atomic E-state index is 6.49. The minimum Gasteiger partial charge on any atom is -0.486 e. The number of benzene rings is 1. The summed E-state index contributed by atoms with van der Waals surface area (Å²) in [6.07, 6.45) is 5.94. The molecule has 9 heteroatoms. The molecule has 34 heavy (non-hydrogen) atoms. The fourth-order valence-corrected chi connectivity index (χ4v) is 5.04. The normalized spacial score (nSPS) is 17.1. The van der Waals surface area contributed by atoms with E-state index in [9.17, 15) is 0 Å². The Morgan fingerprint density at radius 2 is 1.94 bits per heavy atom. The molecule has 0 bridgehead atoms. The van der Waals surface area contributed by atoms with Gasteiger partial charge in [-0.05, 0) is 63.4 Å². The third kappa shape index (κ3) is 4.48. The summed E-state index contributed by atoms with van der Waals surface area (Å²) in [6, 6.07) is 9.60. The molecule has 1 fully saturated rings. The van der Waals surface area contributed by atoms with Gasteiger partial charge in [0.25, 0.3) is 0 Å². The second-order valence-corrected chi connectivity index (χ2v) is 9.51. The third-order valence-corrected chi connectivity index (χ3v) is 7.01. The molecule has 0 saturated carbocycles. The van der Waals surface area contributed by atoms with Gasteiger partial charge < -0.3 is 9.47 Å². The maximum Gasteiger partial charge on any atom is 0.150 e. The van der Waals surface area contributed by atoms with E-state index in [4.69, 9.17) is 49.4 Å². The largest absolute Gasteiger partial charge is 0.486 e. The molecule has 3 aromatic heterocycles. The molecule has 6 nitrogen and oxygen atoms in total. The van der Waals surface area contributed by atoms with Gasteiger partial charge in [0.1, 0.15) is 22.7 Å². The van der Waals surface area contributed by atoms with Crippen molar-refractivity contribution < 1.29 is 9.47 Å². The molecule has 4 aromatic rings. The zero-order valence-electron chi connectivity index (χ0n) is 18.8. The smallest absolute Gasteiger partial charge is 0.150 e. The Hall–Kier alpha value is -2.38. The molecule has 0 spiro atoms. The van der Waals surface area contributed by atoms with E-state index in [0.29, 0.717) is 32.2 Å². The molecule has 1 aliphatic heterocycles. The average molecular weight is 518 g/mol. The highest BCUT2D eigenvalue weighted by atomic mass is 35.5. The summed E-state index contributed by atoms with van der Waals surface area (Å²) in [7, 11) is 0. The molecule has 1 unspecified atom stereocenters. The Balaban J connectivity index is 1.57. The monoisotopic (exact) mass is 516 g/mol. The quantitative estimate of drug-likeness (QED) is 0.255. The van der Waals surface area contributed by atoms with Gasteiger partial charge in [0.05, 0.1) is 21.3 Å². The van der Waals surface area contributed by atoms with E-state index in [1.807, 2.05) is 42.8 Å². The van der Waals surface area contributed by atoms with Crippen molar-refractivity contribution in [1.82, 2.24) is 19.7 Å². The fourth-order valence-electron chi connectivity index (χ4n) is 4.27. The molecule has 176 valence electrons. The Morgan fingerprint density at radius 1 is 1.09 bits per heavy atom. The summed E-state index contributed by atoms with van der Waals surface area (Å²) >= 11 is 18.9. The highest BCUT2D eigenvalue weighted by Gasteiger charge is 2.23. The summed E-state index contributed by atoms with van der Waals surface area (Å²) in [5, 5.41) is 7.28. The van der Waals surface area contributed by atoms with Crippen LogP contribution in [0.2, 0.25) is 15.2 Å². The minimum atomic E-state index is -0.378. The molecule has 0 N–H and O–H groups in total. The Bertz CT molecular complexity index is 1330. The Kier molecular flexibility index (Phi) is 6.67. The van der Waals surface area contributed by atoms with E-state index >= 15 is 0 Å². The van der Waals surface area contributed by atoms with Crippen LogP contribution in [0.5, 0.6) is 5.75 Å². The molecule has 1 aromatic carbocycles. The molecule has 0 aliphatic carbocycles. The van der Waals surface area contributed by atoms with Gasteiger partial charge in [-0.2, -0.15) is 5.10 Å². The van der Waals surface area contributed by atoms with E-state index in [1.54, 1.807) is 18.5 Å². The number of halogens is 3. The summed E-state index contributed by atoms with van der Waals surface area (Å²) in [6.45, 7) is 4.49. The van der Waals surface area contributed by atoms with Gasteiger partial charge in [0.2, 0.25) is 0 Å². The lowest BCUT2D eigenvalue weighted by Gasteiger charge is -2.23. The number of ether oxygens (including phenoxy) is 2. The van der Waals surface area contributed by atoms with Crippen LogP contribution in [-0.2, 0) is 4.74 Å². The maximum atomic E-state index is 6.49. The van der Waals surface area contributed by atoms with Gasteiger partial charge in [-0.15, -0.1) is 0 Å². The van der Waals surface area contributed by atoms with Crippen LogP contribution in [0.15, 0.2) is 42.7 Å². The Labute approximate surface area is 212 Å². The zero-order valence-corrected chi connectivity index (χ0v) is 21.0. The zero-order chi connectivity index (χ0) is 23.8. The molecule has 2 atom stereocenters. The second kappa shape index (κ2) is 9.70. The predicted octanol–water partition coefficient (Wildman–Crippen LogP) is 7.60. The van der Waals surface area contributed by atoms with Crippen LogP contribution in [-0.4, -0.2) is 26.4 Å². The van der Waals surface area contributed by atoms with Gasteiger partial charge in [-0.3, -0.25) is 4.98 Å². The lowest BCUT2D eigenvalue weighted by molar-refractivity contribution is -0.0365. The first-order chi connectivity index (χ1) is 16.4.